The molecule has 2 rings (SSSR count). The fourth-order valence-electron chi connectivity index (χ4n) is 1.59. The van der Waals surface area contributed by atoms with Gasteiger partial charge in [0.25, 0.3) is 0 Å². The number of hydrogen-bond donors (Lipinski definition) is 1. The van der Waals surface area contributed by atoms with Gasteiger partial charge in [-0.3, -0.25) is 0 Å². The molecule has 2 aromatic rings. The van der Waals surface area contributed by atoms with Crippen LogP contribution in [0.15, 0.2) is 36.8 Å². The summed E-state index contributed by atoms with van der Waals surface area (Å²) in [4.78, 5) is 4.05. The van der Waals surface area contributed by atoms with Gasteiger partial charge in [0.1, 0.15) is 12.4 Å². The van der Waals surface area contributed by atoms with Gasteiger partial charge in [-0.15, -0.1) is 0 Å². The highest BCUT2D eigenvalue weighted by molar-refractivity contribution is 5.27. The predicted molar refractivity (Wildman–Crippen MR) is 66.7 cm³/mol. The van der Waals surface area contributed by atoms with Crippen LogP contribution in [-0.2, 0) is 20.2 Å². The Morgan fingerprint density at radius 1 is 1.29 bits per heavy atom. The van der Waals surface area contributed by atoms with Crippen molar-refractivity contribution >= 4 is 0 Å². The van der Waals surface area contributed by atoms with Crippen molar-refractivity contribution in [3.05, 3.63) is 48.0 Å². The van der Waals surface area contributed by atoms with Gasteiger partial charge < -0.3 is 14.6 Å². The highest BCUT2D eigenvalue weighted by atomic mass is 16.5. The molecule has 0 atom stereocenters. The van der Waals surface area contributed by atoms with Crippen LogP contribution < -0.4 is 10.1 Å². The highest BCUT2D eigenvalue weighted by Crippen LogP contribution is 2.13. The molecule has 0 radical (unpaired) electrons. The lowest BCUT2D eigenvalue weighted by molar-refractivity contribution is 0.297. The van der Waals surface area contributed by atoms with E-state index in [9.17, 15) is 0 Å². The van der Waals surface area contributed by atoms with Crippen LogP contribution in [-0.4, -0.2) is 16.6 Å². The molecule has 0 saturated heterocycles. The first kappa shape index (κ1) is 11.7. The third kappa shape index (κ3) is 3.07. The minimum Gasteiger partial charge on any atom is -0.487 e. The molecular formula is C13H17N3O. The van der Waals surface area contributed by atoms with Gasteiger partial charge >= 0.3 is 0 Å². The molecular weight excluding hydrogens is 214 g/mol. The van der Waals surface area contributed by atoms with E-state index >= 15 is 0 Å². The predicted octanol–water partition coefficient (Wildman–Crippen LogP) is 1.72. The third-order valence-electron chi connectivity index (χ3n) is 2.61. The summed E-state index contributed by atoms with van der Waals surface area (Å²) in [5.74, 6) is 0.881. The van der Waals surface area contributed by atoms with E-state index in [1.165, 1.54) is 5.56 Å². The van der Waals surface area contributed by atoms with Crippen LogP contribution in [0, 0.1) is 0 Å². The Labute approximate surface area is 101 Å². The Hall–Kier alpha value is -1.81. The minimum absolute atomic E-state index is 0.544. The highest BCUT2D eigenvalue weighted by Gasteiger charge is 2.00. The van der Waals surface area contributed by atoms with Gasteiger partial charge in [0.2, 0.25) is 0 Å². The quantitative estimate of drug-likeness (QED) is 0.851. The Morgan fingerprint density at radius 2 is 2.06 bits per heavy atom. The zero-order valence-corrected chi connectivity index (χ0v) is 10.2. The number of aromatic nitrogens is 2. The van der Waals surface area contributed by atoms with Gasteiger partial charge in [-0.2, -0.15) is 0 Å². The molecule has 1 aromatic carbocycles. The number of ether oxygens (including phenoxy) is 1. The van der Waals surface area contributed by atoms with Gasteiger partial charge in [0.05, 0.1) is 18.2 Å². The first-order valence-corrected chi connectivity index (χ1v) is 5.61. The monoisotopic (exact) mass is 231 g/mol. The number of aryl methyl sites for hydroxylation is 1. The summed E-state index contributed by atoms with van der Waals surface area (Å²) in [7, 11) is 3.90. The van der Waals surface area contributed by atoms with Gasteiger partial charge in [-0.05, 0) is 24.7 Å². The molecule has 0 aliphatic rings. The zero-order chi connectivity index (χ0) is 12.1. The van der Waals surface area contributed by atoms with Crippen molar-refractivity contribution in [2.75, 3.05) is 7.05 Å². The summed E-state index contributed by atoms with van der Waals surface area (Å²) in [5.41, 5.74) is 2.31. The van der Waals surface area contributed by atoms with Crippen LogP contribution >= 0.6 is 0 Å². The van der Waals surface area contributed by atoms with Gasteiger partial charge in [-0.1, -0.05) is 12.1 Å². The number of hydrogen-bond acceptors (Lipinski definition) is 3. The van der Waals surface area contributed by atoms with E-state index in [0.29, 0.717) is 6.61 Å². The number of rotatable bonds is 5. The van der Waals surface area contributed by atoms with Crippen LogP contribution in [0.5, 0.6) is 5.75 Å². The third-order valence-corrected chi connectivity index (χ3v) is 2.61. The van der Waals surface area contributed by atoms with Crippen LogP contribution in [0.3, 0.4) is 0 Å². The van der Waals surface area contributed by atoms with E-state index in [-0.39, 0.29) is 0 Å². The van der Waals surface area contributed by atoms with Crippen molar-refractivity contribution in [2.45, 2.75) is 13.2 Å². The van der Waals surface area contributed by atoms with Crippen molar-refractivity contribution in [1.82, 2.24) is 14.9 Å². The topological polar surface area (TPSA) is 39.1 Å². The second kappa shape index (κ2) is 5.50. The second-order valence-corrected chi connectivity index (χ2v) is 3.96. The number of benzene rings is 1. The van der Waals surface area contributed by atoms with Crippen molar-refractivity contribution in [1.29, 1.82) is 0 Å². The number of imidazole rings is 1. The maximum atomic E-state index is 5.68. The van der Waals surface area contributed by atoms with Crippen LogP contribution in [0.4, 0.5) is 0 Å². The molecule has 0 aliphatic carbocycles. The lowest BCUT2D eigenvalue weighted by atomic mass is 10.2. The summed E-state index contributed by atoms with van der Waals surface area (Å²) in [5, 5.41) is 3.11. The molecule has 0 saturated carbocycles. The average molecular weight is 231 g/mol. The Bertz CT molecular complexity index is 462. The van der Waals surface area contributed by atoms with Crippen molar-refractivity contribution in [3.8, 4) is 5.75 Å². The lowest BCUT2D eigenvalue weighted by Gasteiger charge is -2.07. The molecule has 0 spiro atoms. The van der Waals surface area contributed by atoms with E-state index < -0.39 is 0 Å². The van der Waals surface area contributed by atoms with Crippen molar-refractivity contribution in [3.63, 3.8) is 0 Å². The van der Waals surface area contributed by atoms with Gasteiger partial charge in [0, 0.05) is 13.6 Å². The van der Waals surface area contributed by atoms with Crippen molar-refractivity contribution in [2.24, 2.45) is 7.05 Å². The molecule has 0 bridgehead atoms. The summed E-state index contributed by atoms with van der Waals surface area (Å²) in [6.07, 6.45) is 3.59. The fourth-order valence-corrected chi connectivity index (χ4v) is 1.59. The lowest BCUT2D eigenvalue weighted by Crippen LogP contribution is -2.05. The molecule has 1 aromatic heterocycles. The molecule has 1 N–H and O–H groups in total. The van der Waals surface area contributed by atoms with E-state index in [2.05, 4.69) is 22.4 Å². The summed E-state index contributed by atoms with van der Waals surface area (Å²) < 4.78 is 7.64. The standard InChI is InChI=1S/C13H17N3O/c1-14-7-11-3-5-13(6-4-11)17-9-12-8-15-10-16(12)2/h3-6,8,10,14H,7,9H2,1-2H3. The maximum Gasteiger partial charge on any atom is 0.130 e. The van der Waals surface area contributed by atoms with Gasteiger partial charge in [-0.25, -0.2) is 4.98 Å². The van der Waals surface area contributed by atoms with E-state index in [4.69, 9.17) is 4.74 Å². The maximum absolute atomic E-state index is 5.68. The zero-order valence-electron chi connectivity index (χ0n) is 10.2. The Kier molecular flexibility index (Phi) is 3.77. The SMILES string of the molecule is CNCc1ccc(OCc2cncn2C)cc1. The normalized spacial score (nSPS) is 10.5. The minimum atomic E-state index is 0.544. The molecule has 0 aliphatic heterocycles. The summed E-state index contributed by atoms with van der Waals surface area (Å²) in [6.45, 7) is 1.42. The molecule has 1 heterocycles. The molecule has 0 unspecified atom stereocenters. The first-order chi connectivity index (χ1) is 8.29. The van der Waals surface area contributed by atoms with E-state index in [1.54, 1.807) is 6.33 Å². The number of nitrogens with one attached hydrogen (secondary N) is 1. The molecule has 17 heavy (non-hydrogen) atoms. The van der Waals surface area contributed by atoms with Crippen molar-refractivity contribution < 1.29 is 4.74 Å². The second-order valence-electron chi connectivity index (χ2n) is 3.96. The molecule has 90 valence electrons. The Balaban J connectivity index is 1.93. The van der Waals surface area contributed by atoms with Crippen LogP contribution in [0.25, 0.3) is 0 Å². The Morgan fingerprint density at radius 3 is 2.65 bits per heavy atom. The van der Waals surface area contributed by atoms with Crippen LogP contribution in [0.1, 0.15) is 11.3 Å². The number of nitrogens with zero attached hydrogens (tertiary/aromatic N) is 2. The summed E-state index contributed by atoms with van der Waals surface area (Å²) in [6, 6.07) is 8.11. The van der Waals surface area contributed by atoms with E-state index in [0.717, 1.165) is 18.0 Å². The first-order valence-electron chi connectivity index (χ1n) is 5.61. The molecule has 0 fully saturated rings. The molecule has 4 nitrogen and oxygen atoms in total. The molecule has 0 amide bonds. The smallest absolute Gasteiger partial charge is 0.130 e. The van der Waals surface area contributed by atoms with E-state index in [1.807, 2.05) is 37.0 Å². The average Bonchev–Trinajstić information content (AvgIpc) is 2.75. The fraction of sp³-hybridized carbons (Fsp3) is 0.308. The largest absolute Gasteiger partial charge is 0.487 e. The summed E-state index contributed by atoms with van der Waals surface area (Å²) >= 11 is 0. The van der Waals surface area contributed by atoms with Gasteiger partial charge in [0.15, 0.2) is 0 Å². The molecule has 4 heteroatoms. The van der Waals surface area contributed by atoms with Crippen LogP contribution in [0.2, 0.25) is 0 Å².